The molecule has 2 aromatic carbocycles. The van der Waals surface area contributed by atoms with E-state index in [4.69, 9.17) is 16.1 Å². The molecule has 5 nitrogen and oxygen atoms in total. The van der Waals surface area contributed by atoms with Gasteiger partial charge in [-0.1, -0.05) is 44.8 Å². The van der Waals surface area contributed by atoms with Crippen LogP contribution < -0.4 is 5.56 Å². The molecule has 0 amide bonds. The summed E-state index contributed by atoms with van der Waals surface area (Å²) in [5, 5.41) is 5.27. The highest BCUT2D eigenvalue weighted by Gasteiger charge is 2.10. The van der Waals surface area contributed by atoms with Crippen LogP contribution in [0.2, 0.25) is 5.02 Å². The van der Waals surface area contributed by atoms with E-state index in [-0.39, 0.29) is 12.1 Å². The highest BCUT2D eigenvalue weighted by atomic mass is 79.9. The average Bonchev–Trinajstić information content (AvgIpc) is 3.07. The molecular weight excluding hydrogens is 406 g/mol. The van der Waals surface area contributed by atoms with E-state index < -0.39 is 0 Å². The van der Waals surface area contributed by atoms with Crippen LogP contribution in [0.4, 0.5) is 0 Å². The smallest absolute Gasteiger partial charge is 0.261 e. The van der Waals surface area contributed by atoms with Crippen LogP contribution in [0.1, 0.15) is 5.76 Å². The van der Waals surface area contributed by atoms with Crippen LogP contribution in [0, 0.1) is 0 Å². The van der Waals surface area contributed by atoms with Gasteiger partial charge in [-0.25, -0.2) is 4.98 Å². The van der Waals surface area contributed by atoms with Crippen LogP contribution in [0.15, 0.2) is 68.6 Å². The van der Waals surface area contributed by atoms with Gasteiger partial charge in [0.25, 0.3) is 5.56 Å². The Morgan fingerprint density at radius 3 is 2.72 bits per heavy atom. The van der Waals surface area contributed by atoms with Crippen molar-refractivity contribution >= 4 is 38.4 Å². The molecule has 0 spiro atoms. The molecule has 0 bridgehead atoms. The largest absolute Gasteiger partial charge is 0.359 e. The predicted octanol–water partition coefficient (Wildman–Crippen LogP) is 4.52. The first-order valence-electron chi connectivity index (χ1n) is 7.46. The van der Waals surface area contributed by atoms with Gasteiger partial charge in [0, 0.05) is 21.1 Å². The van der Waals surface area contributed by atoms with Crippen molar-refractivity contribution in [2.45, 2.75) is 6.54 Å². The van der Waals surface area contributed by atoms with E-state index in [1.165, 1.54) is 10.9 Å². The Morgan fingerprint density at radius 1 is 1.12 bits per heavy atom. The normalized spacial score (nSPS) is 11.1. The third-order valence-corrected chi connectivity index (χ3v) is 4.56. The molecule has 0 N–H and O–H groups in total. The minimum absolute atomic E-state index is 0.129. The van der Waals surface area contributed by atoms with E-state index >= 15 is 0 Å². The number of nitrogens with zero attached hydrogens (tertiary/aromatic N) is 3. The van der Waals surface area contributed by atoms with Crippen LogP contribution in [0.25, 0.3) is 22.2 Å². The predicted molar refractivity (Wildman–Crippen MR) is 99.8 cm³/mol. The third-order valence-electron chi connectivity index (χ3n) is 3.81. The maximum absolute atomic E-state index is 12.6. The van der Waals surface area contributed by atoms with E-state index in [9.17, 15) is 4.79 Å². The number of hydrogen-bond acceptors (Lipinski definition) is 4. The summed E-state index contributed by atoms with van der Waals surface area (Å²) in [6, 6.07) is 14.5. The molecule has 4 rings (SSSR count). The van der Waals surface area contributed by atoms with E-state index in [2.05, 4.69) is 26.1 Å². The Labute approximate surface area is 156 Å². The molecule has 0 saturated carbocycles. The van der Waals surface area contributed by atoms with E-state index in [0.717, 1.165) is 10.0 Å². The molecule has 0 aliphatic rings. The van der Waals surface area contributed by atoms with Crippen LogP contribution >= 0.6 is 27.5 Å². The van der Waals surface area contributed by atoms with Crippen LogP contribution in [-0.4, -0.2) is 14.7 Å². The number of fused-ring (bicyclic) bond motifs is 1. The van der Waals surface area contributed by atoms with Gasteiger partial charge >= 0.3 is 0 Å². The Hall–Kier alpha value is -2.44. The monoisotopic (exact) mass is 415 g/mol. The van der Waals surface area contributed by atoms with Crippen molar-refractivity contribution in [3.05, 3.63) is 80.5 Å². The Bertz CT molecular complexity index is 1120. The maximum atomic E-state index is 12.6. The third kappa shape index (κ3) is 3.23. The van der Waals surface area contributed by atoms with E-state index in [0.29, 0.717) is 27.4 Å². The molecule has 4 aromatic rings. The molecule has 2 heterocycles. The summed E-state index contributed by atoms with van der Waals surface area (Å²) in [6.45, 7) is 0.259. The fourth-order valence-corrected chi connectivity index (χ4v) is 3.04. The second kappa shape index (κ2) is 6.46. The van der Waals surface area contributed by atoms with Crippen LogP contribution in [0.5, 0.6) is 0 Å². The number of benzene rings is 2. The van der Waals surface area contributed by atoms with Gasteiger partial charge in [0.15, 0.2) is 5.76 Å². The first-order chi connectivity index (χ1) is 12.1. The zero-order valence-corrected chi connectivity index (χ0v) is 15.2. The topological polar surface area (TPSA) is 60.9 Å². The van der Waals surface area contributed by atoms with E-state index in [1.807, 2.05) is 18.2 Å². The van der Waals surface area contributed by atoms with Gasteiger partial charge < -0.3 is 4.52 Å². The minimum Gasteiger partial charge on any atom is -0.359 e. The number of hydrogen-bond donors (Lipinski definition) is 0. The van der Waals surface area contributed by atoms with Gasteiger partial charge in [0.05, 0.1) is 23.8 Å². The first kappa shape index (κ1) is 16.1. The lowest BCUT2D eigenvalue weighted by molar-refractivity contribution is 0.376. The van der Waals surface area contributed by atoms with E-state index in [1.54, 1.807) is 30.3 Å². The molecule has 0 unspecified atom stereocenters. The zero-order chi connectivity index (χ0) is 17.4. The molecule has 7 heteroatoms. The molecule has 0 aliphatic heterocycles. The molecule has 25 heavy (non-hydrogen) atoms. The summed E-state index contributed by atoms with van der Waals surface area (Å²) < 4.78 is 7.70. The van der Waals surface area contributed by atoms with Gasteiger partial charge in [0.1, 0.15) is 5.69 Å². The fourth-order valence-electron chi connectivity index (χ4n) is 2.56. The molecule has 0 fully saturated rings. The van der Waals surface area contributed by atoms with Crippen molar-refractivity contribution in [1.82, 2.24) is 14.7 Å². The lowest BCUT2D eigenvalue weighted by atomic mass is 10.1. The Kier molecular flexibility index (Phi) is 4.15. The molecule has 0 aliphatic carbocycles. The lowest BCUT2D eigenvalue weighted by Crippen LogP contribution is -2.20. The van der Waals surface area contributed by atoms with Gasteiger partial charge in [-0.2, -0.15) is 0 Å². The Morgan fingerprint density at radius 2 is 1.92 bits per heavy atom. The lowest BCUT2D eigenvalue weighted by Gasteiger charge is -2.04. The first-order valence-corrected chi connectivity index (χ1v) is 8.63. The highest BCUT2D eigenvalue weighted by Crippen LogP contribution is 2.21. The van der Waals surface area contributed by atoms with Crippen molar-refractivity contribution in [2.24, 2.45) is 0 Å². The molecule has 0 saturated heterocycles. The molecule has 2 aromatic heterocycles. The number of halogens is 2. The minimum atomic E-state index is -0.129. The average molecular weight is 417 g/mol. The summed E-state index contributed by atoms with van der Waals surface area (Å²) in [6.07, 6.45) is 1.52. The van der Waals surface area contributed by atoms with Crippen LogP contribution in [-0.2, 0) is 6.54 Å². The highest BCUT2D eigenvalue weighted by molar-refractivity contribution is 9.10. The molecule has 124 valence electrons. The standard InChI is InChI=1S/C18H11BrClN3O2/c19-12-3-6-16-15(7-12)18(24)23(10-21-16)9-14-8-17(22-25-14)11-1-4-13(20)5-2-11/h1-8,10H,9H2. The maximum Gasteiger partial charge on any atom is 0.261 e. The van der Waals surface area contributed by atoms with Gasteiger partial charge in [-0.15, -0.1) is 0 Å². The van der Waals surface area contributed by atoms with Gasteiger partial charge in [0.2, 0.25) is 0 Å². The zero-order valence-electron chi connectivity index (χ0n) is 12.8. The number of aromatic nitrogens is 3. The van der Waals surface area contributed by atoms with Gasteiger partial charge in [-0.3, -0.25) is 9.36 Å². The molecule has 0 radical (unpaired) electrons. The van der Waals surface area contributed by atoms with Crippen LogP contribution in [0.3, 0.4) is 0 Å². The van der Waals surface area contributed by atoms with Crippen molar-refractivity contribution < 1.29 is 4.52 Å². The Balaban J connectivity index is 1.67. The summed E-state index contributed by atoms with van der Waals surface area (Å²) in [5.74, 6) is 0.572. The second-order valence-corrected chi connectivity index (χ2v) is 6.88. The molecule has 0 atom stereocenters. The van der Waals surface area contributed by atoms with Crippen molar-refractivity contribution in [3.63, 3.8) is 0 Å². The second-order valence-electron chi connectivity index (χ2n) is 5.52. The SMILES string of the molecule is O=c1c2cc(Br)ccc2ncn1Cc1cc(-c2ccc(Cl)cc2)no1. The summed E-state index contributed by atoms with van der Waals surface area (Å²) in [7, 11) is 0. The summed E-state index contributed by atoms with van der Waals surface area (Å²) in [5.41, 5.74) is 2.11. The van der Waals surface area contributed by atoms with Crippen molar-refractivity contribution in [3.8, 4) is 11.3 Å². The fraction of sp³-hybridized carbons (Fsp3) is 0.0556. The summed E-state index contributed by atoms with van der Waals surface area (Å²) in [4.78, 5) is 16.9. The van der Waals surface area contributed by atoms with Crippen molar-refractivity contribution in [1.29, 1.82) is 0 Å². The molecular formula is C18H11BrClN3O2. The number of rotatable bonds is 3. The van der Waals surface area contributed by atoms with Crippen molar-refractivity contribution in [2.75, 3.05) is 0 Å². The summed E-state index contributed by atoms with van der Waals surface area (Å²) >= 11 is 9.27. The van der Waals surface area contributed by atoms with Gasteiger partial charge in [-0.05, 0) is 30.3 Å². The quantitative estimate of drug-likeness (QED) is 0.493.